The van der Waals surface area contributed by atoms with Gasteiger partial charge in [0.2, 0.25) is 0 Å². The van der Waals surface area contributed by atoms with Crippen molar-refractivity contribution < 1.29 is 9.13 Å². The molecule has 1 aromatic carbocycles. The van der Waals surface area contributed by atoms with Gasteiger partial charge in [0.1, 0.15) is 5.82 Å². The summed E-state index contributed by atoms with van der Waals surface area (Å²) in [7, 11) is 0. The first kappa shape index (κ1) is 12.9. The van der Waals surface area contributed by atoms with E-state index in [1.165, 1.54) is 17.7 Å². The Balaban J connectivity index is 1.96. The number of hydrogen-bond donors (Lipinski definition) is 0. The topological polar surface area (TPSA) is 9.23 Å². The molecule has 3 atom stereocenters. The molecule has 102 valence electrons. The van der Waals surface area contributed by atoms with Crippen molar-refractivity contribution in [2.24, 2.45) is 11.8 Å². The van der Waals surface area contributed by atoms with Gasteiger partial charge in [-0.2, -0.15) is 0 Å². The number of hydrogen-bond acceptors (Lipinski definition) is 1. The van der Waals surface area contributed by atoms with Crippen molar-refractivity contribution in [1.82, 2.24) is 0 Å². The summed E-state index contributed by atoms with van der Waals surface area (Å²) in [5, 5.41) is 0. The van der Waals surface area contributed by atoms with Crippen molar-refractivity contribution in [2.45, 2.75) is 45.3 Å². The van der Waals surface area contributed by atoms with Crippen molar-refractivity contribution in [3.63, 3.8) is 0 Å². The number of ether oxygens (including phenoxy) is 1. The molecule has 0 spiro atoms. The van der Waals surface area contributed by atoms with Crippen LogP contribution in [0.4, 0.5) is 4.39 Å². The molecule has 0 aromatic heterocycles. The Labute approximate surface area is 114 Å². The van der Waals surface area contributed by atoms with Gasteiger partial charge in [-0.1, -0.05) is 37.6 Å². The predicted molar refractivity (Wildman–Crippen MR) is 74.3 cm³/mol. The Bertz CT molecular complexity index is 502. The normalized spacial score (nSPS) is 33.6. The molecule has 1 aromatic rings. The van der Waals surface area contributed by atoms with Crippen molar-refractivity contribution in [3.05, 3.63) is 47.3 Å². The Morgan fingerprint density at radius 3 is 2.58 bits per heavy atom. The van der Waals surface area contributed by atoms with E-state index >= 15 is 0 Å². The van der Waals surface area contributed by atoms with Gasteiger partial charge in [0, 0.05) is 5.92 Å². The van der Waals surface area contributed by atoms with E-state index in [1.807, 2.05) is 12.1 Å². The molecule has 0 radical (unpaired) electrons. The lowest BCUT2D eigenvalue weighted by Gasteiger charge is -2.34. The second-order valence-corrected chi connectivity index (χ2v) is 6.27. The van der Waals surface area contributed by atoms with Crippen molar-refractivity contribution >= 4 is 0 Å². The molecule has 0 unspecified atom stereocenters. The van der Waals surface area contributed by atoms with Crippen LogP contribution in [-0.4, -0.2) is 5.60 Å². The summed E-state index contributed by atoms with van der Waals surface area (Å²) in [5.41, 5.74) is 2.50. The Kier molecular flexibility index (Phi) is 3.01. The van der Waals surface area contributed by atoms with Crippen molar-refractivity contribution in [3.8, 4) is 0 Å². The SMILES string of the molecule is CC1=CC[C@]2(C(C)C)C[C@H]1[C@H](c1ccc(F)cc1)O2. The molecule has 19 heavy (non-hydrogen) atoms. The molecule has 1 fully saturated rings. The summed E-state index contributed by atoms with van der Waals surface area (Å²) >= 11 is 0. The van der Waals surface area contributed by atoms with E-state index in [1.54, 1.807) is 0 Å². The van der Waals surface area contributed by atoms with Gasteiger partial charge in [0.15, 0.2) is 0 Å². The summed E-state index contributed by atoms with van der Waals surface area (Å²) in [6.45, 7) is 6.66. The van der Waals surface area contributed by atoms with E-state index in [2.05, 4.69) is 26.8 Å². The summed E-state index contributed by atoms with van der Waals surface area (Å²) in [6, 6.07) is 6.79. The molecular weight excluding hydrogens is 239 g/mol. The molecule has 0 saturated carbocycles. The second kappa shape index (κ2) is 4.45. The maximum absolute atomic E-state index is 13.1. The molecule has 1 nitrogen and oxygen atoms in total. The smallest absolute Gasteiger partial charge is 0.123 e. The summed E-state index contributed by atoms with van der Waals surface area (Å²) in [4.78, 5) is 0. The number of halogens is 1. The van der Waals surface area contributed by atoms with E-state index in [4.69, 9.17) is 4.74 Å². The Morgan fingerprint density at radius 1 is 1.26 bits per heavy atom. The van der Waals surface area contributed by atoms with Crippen LogP contribution in [0.15, 0.2) is 35.9 Å². The zero-order valence-corrected chi connectivity index (χ0v) is 11.8. The van der Waals surface area contributed by atoms with Gasteiger partial charge in [-0.3, -0.25) is 0 Å². The largest absolute Gasteiger partial charge is 0.366 e. The standard InChI is InChI=1S/C17H21FO/c1-11(2)17-9-8-12(3)15(10-17)16(19-17)13-4-6-14(18)7-5-13/h4-8,11,15-16H,9-10H2,1-3H3/t15-,16+,17-/m1/s1. The summed E-state index contributed by atoms with van der Waals surface area (Å²) in [6.07, 6.45) is 4.51. The van der Waals surface area contributed by atoms with Crippen LogP contribution in [0.25, 0.3) is 0 Å². The average molecular weight is 260 g/mol. The fraction of sp³-hybridized carbons (Fsp3) is 0.529. The number of fused-ring (bicyclic) bond motifs is 2. The zero-order valence-electron chi connectivity index (χ0n) is 11.8. The first-order valence-electron chi connectivity index (χ1n) is 7.12. The third-order valence-electron chi connectivity index (χ3n) is 4.90. The minimum atomic E-state index is -0.185. The predicted octanol–water partition coefficient (Wildman–Crippen LogP) is 4.65. The van der Waals surface area contributed by atoms with Gasteiger partial charge < -0.3 is 4.74 Å². The molecule has 0 N–H and O–H groups in total. The molecule has 1 aliphatic heterocycles. The summed E-state index contributed by atoms with van der Waals surface area (Å²) < 4.78 is 19.5. The van der Waals surface area contributed by atoms with Crippen LogP contribution in [0.1, 0.15) is 45.3 Å². The van der Waals surface area contributed by atoms with E-state index in [0.29, 0.717) is 11.8 Å². The first-order valence-corrected chi connectivity index (χ1v) is 7.12. The lowest BCUT2D eigenvalue weighted by molar-refractivity contribution is -0.0707. The van der Waals surface area contributed by atoms with E-state index < -0.39 is 0 Å². The third-order valence-corrected chi connectivity index (χ3v) is 4.90. The Morgan fingerprint density at radius 2 is 1.95 bits per heavy atom. The first-order chi connectivity index (χ1) is 9.02. The van der Waals surface area contributed by atoms with Crippen LogP contribution in [0.5, 0.6) is 0 Å². The lowest BCUT2D eigenvalue weighted by Crippen LogP contribution is -2.35. The lowest BCUT2D eigenvalue weighted by atomic mass is 9.74. The van der Waals surface area contributed by atoms with Crippen LogP contribution in [0.2, 0.25) is 0 Å². The highest BCUT2D eigenvalue weighted by Gasteiger charge is 2.50. The van der Waals surface area contributed by atoms with Gasteiger partial charge in [0.25, 0.3) is 0 Å². The molecule has 3 rings (SSSR count). The van der Waals surface area contributed by atoms with Crippen LogP contribution in [-0.2, 0) is 4.74 Å². The zero-order chi connectivity index (χ0) is 13.6. The van der Waals surface area contributed by atoms with Crippen molar-refractivity contribution in [2.75, 3.05) is 0 Å². The van der Waals surface area contributed by atoms with E-state index in [9.17, 15) is 4.39 Å². The molecular formula is C17H21FO. The minimum Gasteiger partial charge on any atom is -0.366 e. The van der Waals surface area contributed by atoms with Gasteiger partial charge >= 0.3 is 0 Å². The van der Waals surface area contributed by atoms with Gasteiger partial charge in [-0.15, -0.1) is 0 Å². The minimum absolute atomic E-state index is 0.0246. The highest BCUT2D eigenvalue weighted by molar-refractivity contribution is 5.28. The maximum atomic E-state index is 13.1. The molecule has 1 saturated heterocycles. The molecule has 2 bridgehead atoms. The summed E-state index contributed by atoms with van der Waals surface area (Å²) in [5.74, 6) is 0.766. The molecule has 0 amide bonds. The molecule has 2 heteroatoms. The van der Waals surface area contributed by atoms with E-state index in [0.717, 1.165) is 18.4 Å². The van der Waals surface area contributed by atoms with Crippen LogP contribution < -0.4 is 0 Å². The third kappa shape index (κ3) is 2.02. The van der Waals surface area contributed by atoms with Gasteiger partial charge in [-0.05, 0) is 43.4 Å². The average Bonchev–Trinajstić information content (AvgIpc) is 2.72. The van der Waals surface area contributed by atoms with Crippen LogP contribution in [0.3, 0.4) is 0 Å². The molecule has 1 aliphatic carbocycles. The van der Waals surface area contributed by atoms with E-state index in [-0.39, 0.29) is 17.5 Å². The molecule has 1 heterocycles. The van der Waals surface area contributed by atoms with Gasteiger partial charge in [0.05, 0.1) is 11.7 Å². The van der Waals surface area contributed by atoms with Crippen molar-refractivity contribution in [1.29, 1.82) is 0 Å². The molecule has 2 aliphatic rings. The van der Waals surface area contributed by atoms with Crippen LogP contribution >= 0.6 is 0 Å². The fourth-order valence-electron chi connectivity index (χ4n) is 3.44. The monoisotopic (exact) mass is 260 g/mol. The fourth-order valence-corrected chi connectivity index (χ4v) is 3.44. The maximum Gasteiger partial charge on any atom is 0.123 e. The van der Waals surface area contributed by atoms with Gasteiger partial charge in [-0.25, -0.2) is 4.39 Å². The number of benzene rings is 1. The Hall–Kier alpha value is -1.15. The highest BCUT2D eigenvalue weighted by atomic mass is 19.1. The number of rotatable bonds is 2. The quantitative estimate of drug-likeness (QED) is 0.703. The highest BCUT2D eigenvalue weighted by Crippen LogP contribution is 2.54. The second-order valence-electron chi connectivity index (χ2n) is 6.27. The van der Waals surface area contributed by atoms with Crippen LogP contribution in [0, 0.1) is 17.7 Å².